The fourth-order valence-electron chi connectivity index (χ4n) is 1.35. The fraction of sp³-hybridized carbons (Fsp3) is 0.200. The number of nitrogens with two attached hydrogens (primary N) is 2. The Morgan fingerprint density at radius 3 is 2.20 bits per heavy atom. The van der Waals surface area contributed by atoms with Crippen LogP contribution in [0, 0.1) is 0 Å². The van der Waals surface area contributed by atoms with Gasteiger partial charge in [0.15, 0.2) is 0 Å². The Kier molecular flexibility index (Phi) is 3.28. The van der Waals surface area contributed by atoms with Gasteiger partial charge in [0.2, 0.25) is 11.8 Å². The summed E-state index contributed by atoms with van der Waals surface area (Å²) in [4.78, 5) is 22.2. The molecule has 80 valence electrons. The number of methoxy groups -OCH3 is 1. The smallest absolute Gasteiger partial charge is 0.234 e. The number of amides is 2. The molecule has 1 rings (SSSR count). The Bertz CT molecular complexity index is 376. The first-order valence-corrected chi connectivity index (χ1v) is 4.29. The first-order chi connectivity index (χ1) is 7.07. The van der Waals surface area contributed by atoms with Gasteiger partial charge in [0.25, 0.3) is 0 Å². The zero-order chi connectivity index (χ0) is 11.4. The second-order valence-corrected chi connectivity index (χ2v) is 2.98. The molecule has 4 N–H and O–H groups in total. The molecule has 0 aliphatic heterocycles. The van der Waals surface area contributed by atoms with E-state index in [-0.39, 0.29) is 0 Å². The second kappa shape index (κ2) is 4.45. The number of carbonyl (C=O) groups is 2. The van der Waals surface area contributed by atoms with E-state index in [2.05, 4.69) is 0 Å². The molecule has 0 aliphatic carbocycles. The van der Waals surface area contributed by atoms with Gasteiger partial charge in [-0.3, -0.25) is 9.59 Å². The number of hydrogen-bond donors (Lipinski definition) is 2. The highest BCUT2D eigenvalue weighted by atomic mass is 16.5. The first kappa shape index (κ1) is 11.0. The third-order valence-corrected chi connectivity index (χ3v) is 2.02. The molecule has 1 aromatic carbocycles. The van der Waals surface area contributed by atoms with Crippen LogP contribution in [0.5, 0.6) is 5.75 Å². The number of carbonyl (C=O) groups excluding carboxylic acids is 2. The summed E-state index contributed by atoms with van der Waals surface area (Å²) in [6.45, 7) is 0. The highest BCUT2D eigenvalue weighted by Gasteiger charge is 2.26. The lowest BCUT2D eigenvalue weighted by Crippen LogP contribution is -2.33. The molecule has 5 nitrogen and oxygen atoms in total. The molecule has 0 fully saturated rings. The third kappa shape index (κ3) is 2.25. The van der Waals surface area contributed by atoms with Crippen LogP contribution in [-0.4, -0.2) is 18.9 Å². The van der Waals surface area contributed by atoms with E-state index in [4.69, 9.17) is 16.2 Å². The van der Waals surface area contributed by atoms with E-state index in [9.17, 15) is 9.59 Å². The van der Waals surface area contributed by atoms with E-state index >= 15 is 0 Å². The van der Waals surface area contributed by atoms with E-state index in [1.54, 1.807) is 24.3 Å². The van der Waals surface area contributed by atoms with Crippen molar-refractivity contribution in [3.05, 3.63) is 29.8 Å². The minimum absolute atomic E-state index is 0.389. The predicted octanol–water partition coefficient (Wildman–Crippen LogP) is -0.251. The summed E-state index contributed by atoms with van der Waals surface area (Å²) in [6.07, 6.45) is 0. The quantitative estimate of drug-likeness (QED) is 0.668. The number of para-hydroxylation sites is 1. The Morgan fingerprint density at radius 2 is 1.73 bits per heavy atom. The third-order valence-electron chi connectivity index (χ3n) is 2.02. The monoisotopic (exact) mass is 208 g/mol. The highest BCUT2D eigenvalue weighted by Crippen LogP contribution is 2.25. The van der Waals surface area contributed by atoms with Crippen molar-refractivity contribution in [2.75, 3.05) is 7.11 Å². The van der Waals surface area contributed by atoms with E-state index in [1.807, 2.05) is 0 Å². The van der Waals surface area contributed by atoms with Crippen LogP contribution in [0.2, 0.25) is 0 Å². The van der Waals surface area contributed by atoms with Crippen molar-refractivity contribution in [1.82, 2.24) is 0 Å². The predicted molar refractivity (Wildman–Crippen MR) is 54.1 cm³/mol. The lowest BCUT2D eigenvalue weighted by atomic mass is 9.97. The van der Waals surface area contributed by atoms with Gasteiger partial charge in [0, 0.05) is 5.56 Å². The Labute approximate surface area is 87.0 Å². The van der Waals surface area contributed by atoms with Crippen LogP contribution in [-0.2, 0) is 9.59 Å². The maximum Gasteiger partial charge on any atom is 0.234 e. The van der Waals surface area contributed by atoms with Crippen molar-refractivity contribution in [3.8, 4) is 5.75 Å². The molecule has 15 heavy (non-hydrogen) atoms. The van der Waals surface area contributed by atoms with Crippen LogP contribution >= 0.6 is 0 Å². The zero-order valence-corrected chi connectivity index (χ0v) is 8.27. The molecule has 5 heteroatoms. The van der Waals surface area contributed by atoms with Crippen molar-refractivity contribution < 1.29 is 14.3 Å². The average Bonchev–Trinajstić information content (AvgIpc) is 2.17. The lowest BCUT2D eigenvalue weighted by Gasteiger charge is -2.13. The van der Waals surface area contributed by atoms with E-state index in [1.165, 1.54) is 7.11 Å². The summed E-state index contributed by atoms with van der Waals surface area (Å²) in [5.74, 6) is -2.31. The summed E-state index contributed by atoms with van der Waals surface area (Å²) in [5, 5.41) is 0. The Hall–Kier alpha value is -2.04. The molecule has 0 heterocycles. The van der Waals surface area contributed by atoms with Crippen LogP contribution in [0.25, 0.3) is 0 Å². The van der Waals surface area contributed by atoms with Crippen LogP contribution in [0.4, 0.5) is 0 Å². The molecule has 0 spiro atoms. The molecular weight excluding hydrogens is 196 g/mol. The molecule has 0 aliphatic rings. The summed E-state index contributed by atoms with van der Waals surface area (Å²) in [6, 6.07) is 6.62. The van der Waals surface area contributed by atoms with Gasteiger partial charge in [-0.25, -0.2) is 0 Å². The maximum atomic E-state index is 11.1. The van der Waals surface area contributed by atoms with E-state index in [0.717, 1.165) is 0 Å². The number of ether oxygens (including phenoxy) is 1. The van der Waals surface area contributed by atoms with E-state index < -0.39 is 17.7 Å². The molecule has 0 bridgehead atoms. The molecule has 2 amide bonds. The van der Waals surface area contributed by atoms with Gasteiger partial charge in [-0.2, -0.15) is 0 Å². The summed E-state index contributed by atoms with van der Waals surface area (Å²) in [5.41, 5.74) is 10.6. The van der Waals surface area contributed by atoms with Gasteiger partial charge < -0.3 is 16.2 Å². The SMILES string of the molecule is COc1ccccc1C(C(N)=O)C(N)=O. The largest absolute Gasteiger partial charge is 0.496 e. The molecule has 1 aromatic rings. The van der Waals surface area contributed by atoms with Gasteiger partial charge in [0.05, 0.1) is 7.11 Å². The molecule has 0 unspecified atom stereocenters. The van der Waals surface area contributed by atoms with Gasteiger partial charge in [0.1, 0.15) is 11.7 Å². The summed E-state index contributed by atoms with van der Waals surface area (Å²) in [7, 11) is 1.44. The van der Waals surface area contributed by atoms with Crippen LogP contribution < -0.4 is 16.2 Å². The standard InChI is InChI=1S/C10H12N2O3/c1-15-7-5-3-2-4-6(7)8(9(11)13)10(12)14/h2-5,8H,1H3,(H2,11,13)(H2,12,14). The minimum Gasteiger partial charge on any atom is -0.496 e. The zero-order valence-electron chi connectivity index (χ0n) is 8.27. The molecule has 0 saturated carbocycles. The summed E-state index contributed by atoms with van der Waals surface area (Å²) >= 11 is 0. The highest BCUT2D eigenvalue weighted by molar-refractivity contribution is 6.04. The van der Waals surface area contributed by atoms with Crippen molar-refractivity contribution in [2.24, 2.45) is 11.5 Å². The van der Waals surface area contributed by atoms with Crippen molar-refractivity contribution >= 4 is 11.8 Å². The fourth-order valence-corrected chi connectivity index (χ4v) is 1.35. The van der Waals surface area contributed by atoms with Gasteiger partial charge in [-0.1, -0.05) is 18.2 Å². The minimum atomic E-state index is -1.15. The van der Waals surface area contributed by atoms with Gasteiger partial charge in [-0.15, -0.1) is 0 Å². The number of benzene rings is 1. The molecule has 0 radical (unpaired) electrons. The topological polar surface area (TPSA) is 95.4 Å². The molecule has 0 atom stereocenters. The lowest BCUT2D eigenvalue weighted by molar-refractivity contribution is -0.128. The number of rotatable bonds is 4. The van der Waals surface area contributed by atoms with Gasteiger partial charge in [-0.05, 0) is 6.07 Å². The second-order valence-electron chi connectivity index (χ2n) is 2.98. The summed E-state index contributed by atoms with van der Waals surface area (Å²) < 4.78 is 5.01. The van der Waals surface area contributed by atoms with Crippen LogP contribution in [0.3, 0.4) is 0 Å². The number of hydrogen-bond acceptors (Lipinski definition) is 3. The number of primary amides is 2. The first-order valence-electron chi connectivity index (χ1n) is 4.29. The molecule has 0 saturated heterocycles. The van der Waals surface area contributed by atoms with Crippen molar-refractivity contribution in [3.63, 3.8) is 0 Å². The average molecular weight is 208 g/mol. The maximum absolute atomic E-state index is 11.1. The van der Waals surface area contributed by atoms with Gasteiger partial charge >= 0.3 is 0 Å². The molecular formula is C10H12N2O3. The van der Waals surface area contributed by atoms with Crippen molar-refractivity contribution in [1.29, 1.82) is 0 Å². The van der Waals surface area contributed by atoms with Crippen molar-refractivity contribution in [2.45, 2.75) is 5.92 Å². The molecule has 0 aromatic heterocycles. The van der Waals surface area contributed by atoms with E-state index in [0.29, 0.717) is 11.3 Å². The van der Waals surface area contributed by atoms with Crippen LogP contribution in [0.1, 0.15) is 11.5 Å². The normalized spacial score (nSPS) is 10.0. The van der Waals surface area contributed by atoms with Crippen LogP contribution in [0.15, 0.2) is 24.3 Å². The Morgan fingerprint density at radius 1 is 1.20 bits per heavy atom. The Balaban J connectivity index is 3.22.